The number of benzene rings is 1. The molecule has 4 nitrogen and oxygen atoms in total. The van der Waals surface area contributed by atoms with E-state index in [0.29, 0.717) is 6.42 Å². The van der Waals surface area contributed by atoms with E-state index in [4.69, 9.17) is 5.73 Å². The molecule has 0 aromatic heterocycles. The van der Waals surface area contributed by atoms with Gasteiger partial charge in [-0.3, -0.25) is 9.59 Å². The summed E-state index contributed by atoms with van der Waals surface area (Å²) in [6.45, 7) is 3.70. The van der Waals surface area contributed by atoms with E-state index >= 15 is 0 Å². The first-order valence-corrected chi connectivity index (χ1v) is 6.16. The normalized spacial score (nSPS) is 11.9. The summed E-state index contributed by atoms with van der Waals surface area (Å²) in [6.07, 6.45) is 1.10. The van der Waals surface area contributed by atoms with E-state index in [1.165, 1.54) is 0 Å². The number of amides is 2. The molecule has 0 radical (unpaired) electrons. The second-order valence-corrected chi connectivity index (χ2v) is 4.38. The average Bonchev–Trinajstić information content (AvgIpc) is 2.36. The summed E-state index contributed by atoms with van der Waals surface area (Å²) in [4.78, 5) is 24.4. The summed E-state index contributed by atoms with van der Waals surface area (Å²) < 4.78 is 0. The third-order valence-corrected chi connectivity index (χ3v) is 2.85. The highest BCUT2D eigenvalue weighted by atomic mass is 16.2. The number of hydrogen-bond donors (Lipinski definition) is 1. The molecule has 0 spiro atoms. The molecule has 1 unspecified atom stereocenters. The lowest BCUT2D eigenvalue weighted by molar-refractivity contribution is -0.136. The molecule has 1 aromatic carbocycles. The largest absolute Gasteiger partial charge is 0.368 e. The maximum atomic E-state index is 11.8. The fraction of sp³-hybridized carbons (Fsp3) is 0.429. The summed E-state index contributed by atoms with van der Waals surface area (Å²) in [6, 6.07) is 9.86. The minimum atomic E-state index is -0.475. The molecule has 0 saturated carbocycles. The molecule has 0 aliphatic rings. The molecule has 0 heterocycles. The Labute approximate surface area is 108 Å². The number of rotatable bonds is 6. The quantitative estimate of drug-likeness (QED) is 0.825. The van der Waals surface area contributed by atoms with Crippen LogP contribution >= 0.6 is 0 Å². The summed E-state index contributed by atoms with van der Waals surface area (Å²) in [5, 5.41) is 0. The molecule has 0 aliphatic carbocycles. The fourth-order valence-electron chi connectivity index (χ4n) is 1.93. The van der Waals surface area contributed by atoms with Crippen molar-refractivity contribution in [2.24, 2.45) is 5.73 Å². The molecule has 1 atom stereocenters. The minimum Gasteiger partial charge on any atom is -0.368 e. The van der Waals surface area contributed by atoms with Gasteiger partial charge >= 0.3 is 0 Å². The lowest BCUT2D eigenvalue weighted by atomic mass is 10.1. The molecule has 1 rings (SSSR count). The van der Waals surface area contributed by atoms with Crippen molar-refractivity contribution in [1.29, 1.82) is 0 Å². The zero-order chi connectivity index (χ0) is 13.5. The third kappa shape index (κ3) is 4.20. The molecule has 2 N–H and O–H groups in total. The molecule has 2 amide bonds. The van der Waals surface area contributed by atoms with Crippen LogP contribution in [0.2, 0.25) is 0 Å². The monoisotopic (exact) mass is 248 g/mol. The lowest BCUT2D eigenvalue weighted by Gasteiger charge is -2.28. The number of primary amides is 1. The van der Waals surface area contributed by atoms with E-state index in [1.807, 2.05) is 37.3 Å². The van der Waals surface area contributed by atoms with Gasteiger partial charge in [-0.05, 0) is 18.9 Å². The fourth-order valence-corrected chi connectivity index (χ4v) is 1.93. The maximum absolute atomic E-state index is 11.8. The van der Waals surface area contributed by atoms with Crippen molar-refractivity contribution in [2.45, 2.75) is 32.7 Å². The third-order valence-electron chi connectivity index (χ3n) is 2.85. The van der Waals surface area contributed by atoms with Crippen molar-refractivity contribution in [2.75, 3.05) is 6.54 Å². The Kier molecular flexibility index (Phi) is 5.36. The Morgan fingerprint density at radius 2 is 1.89 bits per heavy atom. The van der Waals surface area contributed by atoms with Gasteiger partial charge in [-0.2, -0.15) is 0 Å². The molecular formula is C14H20N2O2. The van der Waals surface area contributed by atoms with Gasteiger partial charge in [0, 0.05) is 12.5 Å². The summed E-state index contributed by atoms with van der Waals surface area (Å²) in [7, 11) is 0. The van der Waals surface area contributed by atoms with Gasteiger partial charge in [0.15, 0.2) is 0 Å². The highest BCUT2D eigenvalue weighted by Gasteiger charge is 2.20. The second kappa shape index (κ2) is 6.79. The zero-order valence-corrected chi connectivity index (χ0v) is 10.9. The van der Waals surface area contributed by atoms with Crippen molar-refractivity contribution in [3.8, 4) is 0 Å². The first kappa shape index (κ1) is 14.2. The van der Waals surface area contributed by atoms with Gasteiger partial charge in [0.25, 0.3) is 0 Å². The topological polar surface area (TPSA) is 63.4 Å². The van der Waals surface area contributed by atoms with Crippen LogP contribution < -0.4 is 5.73 Å². The van der Waals surface area contributed by atoms with Crippen LogP contribution in [0.15, 0.2) is 30.3 Å². The summed E-state index contributed by atoms with van der Waals surface area (Å²) in [5.74, 6) is -0.519. The van der Waals surface area contributed by atoms with E-state index < -0.39 is 5.91 Å². The number of carbonyl (C=O) groups excluding carboxylic acids is 2. The van der Waals surface area contributed by atoms with Crippen LogP contribution in [0.4, 0.5) is 0 Å². The smallest absolute Gasteiger partial charge is 0.237 e. The predicted molar refractivity (Wildman–Crippen MR) is 70.8 cm³/mol. The van der Waals surface area contributed by atoms with Gasteiger partial charge in [-0.1, -0.05) is 37.3 Å². The number of nitrogens with two attached hydrogens (primary N) is 1. The van der Waals surface area contributed by atoms with E-state index in [0.717, 1.165) is 12.0 Å². The highest BCUT2D eigenvalue weighted by Crippen LogP contribution is 2.09. The first-order chi connectivity index (χ1) is 8.54. The van der Waals surface area contributed by atoms with Gasteiger partial charge in [-0.15, -0.1) is 0 Å². The van der Waals surface area contributed by atoms with E-state index in [1.54, 1.807) is 11.8 Å². The molecule has 98 valence electrons. The van der Waals surface area contributed by atoms with Crippen molar-refractivity contribution in [1.82, 2.24) is 4.90 Å². The van der Waals surface area contributed by atoms with E-state index in [9.17, 15) is 9.59 Å². The Hall–Kier alpha value is -1.84. The van der Waals surface area contributed by atoms with Crippen molar-refractivity contribution >= 4 is 11.8 Å². The van der Waals surface area contributed by atoms with Crippen molar-refractivity contribution in [3.63, 3.8) is 0 Å². The average molecular weight is 248 g/mol. The molecule has 0 aliphatic heterocycles. The molecular weight excluding hydrogens is 228 g/mol. The molecule has 4 heteroatoms. The Bertz CT molecular complexity index is 404. The first-order valence-electron chi connectivity index (χ1n) is 6.16. The Morgan fingerprint density at radius 3 is 2.39 bits per heavy atom. The summed E-state index contributed by atoms with van der Waals surface area (Å²) >= 11 is 0. The number of hydrogen-bond acceptors (Lipinski definition) is 2. The molecule has 0 bridgehead atoms. The van der Waals surface area contributed by atoms with Gasteiger partial charge < -0.3 is 10.6 Å². The highest BCUT2D eigenvalue weighted by molar-refractivity contribution is 5.83. The van der Waals surface area contributed by atoms with Crippen LogP contribution in [0.25, 0.3) is 0 Å². The number of carbonyl (C=O) groups is 2. The second-order valence-electron chi connectivity index (χ2n) is 4.38. The number of nitrogens with zero attached hydrogens (tertiary/aromatic N) is 1. The maximum Gasteiger partial charge on any atom is 0.237 e. The van der Waals surface area contributed by atoms with E-state index in [-0.39, 0.29) is 18.5 Å². The van der Waals surface area contributed by atoms with Crippen LogP contribution in [0.1, 0.15) is 25.8 Å². The minimum absolute atomic E-state index is 0.0132. The van der Waals surface area contributed by atoms with Gasteiger partial charge in [0.2, 0.25) is 11.8 Å². The van der Waals surface area contributed by atoms with E-state index in [2.05, 4.69) is 0 Å². The van der Waals surface area contributed by atoms with Gasteiger partial charge in [0.05, 0.1) is 6.54 Å². The Morgan fingerprint density at radius 1 is 1.28 bits per heavy atom. The van der Waals surface area contributed by atoms with Crippen molar-refractivity contribution in [3.05, 3.63) is 35.9 Å². The zero-order valence-electron chi connectivity index (χ0n) is 10.9. The molecule has 0 fully saturated rings. The van der Waals surface area contributed by atoms with Gasteiger partial charge in [-0.25, -0.2) is 0 Å². The van der Waals surface area contributed by atoms with Crippen LogP contribution in [-0.4, -0.2) is 29.3 Å². The lowest BCUT2D eigenvalue weighted by Crippen LogP contribution is -2.44. The van der Waals surface area contributed by atoms with Crippen LogP contribution in [0.5, 0.6) is 0 Å². The SMILES string of the molecule is CCC(=O)N(CC(N)=O)C(C)Cc1ccccc1. The van der Waals surface area contributed by atoms with Gasteiger partial charge in [0.1, 0.15) is 0 Å². The Balaban J connectivity index is 2.73. The summed E-state index contributed by atoms with van der Waals surface area (Å²) in [5.41, 5.74) is 6.33. The van der Waals surface area contributed by atoms with Crippen LogP contribution in [0.3, 0.4) is 0 Å². The van der Waals surface area contributed by atoms with Crippen LogP contribution in [-0.2, 0) is 16.0 Å². The molecule has 18 heavy (non-hydrogen) atoms. The molecule has 0 saturated heterocycles. The van der Waals surface area contributed by atoms with Crippen LogP contribution in [0, 0.1) is 0 Å². The van der Waals surface area contributed by atoms with Crippen molar-refractivity contribution < 1.29 is 9.59 Å². The standard InChI is InChI=1S/C14H20N2O2/c1-3-14(18)16(10-13(15)17)11(2)9-12-7-5-4-6-8-12/h4-8,11H,3,9-10H2,1-2H3,(H2,15,17). The predicted octanol–water partition coefficient (Wildman–Crippen LogP) is 1.34. The molecule has 1 aromatic rings.